The molecule has 1 rings (SSSR count). The molecule has 3 heteroatoms. The molecule has 0 unspecified atom stereocenters. The van der Waals surface area contributed by atoms with E-state index >= 15 is 0 Å². The van der Waals surface area contributed by atoms with Gasteiger partial charge in [-0.3, -0.25) is 0 Å². The lowest BCUT2D eigenvalue weighted by Gasteiger charge is -2.00. The molecule has 14 heavy (non-hydrogen) atoms. The zero-order valence-electron chi connectivity index (χ0n) is 7.65. The van der Waals surface area contributed by atoms with E-state index in [4.69, 9.17) is 4.74 Å². The Morgan fingerprint density at radius 3 is 2.64 bits per heavy atom. The molecule has 0 spiro atoms. The number of rotatable bonds is 4. The van der Waals surface area contributed by atoms with Gasteiger partial charge in [0.15, 0.2) is 0 Å². The maximum absolute atomic E-state index is 11.3. The molecule has 0 aromatic heterocycles. The van der Waals surface area contributed by atoms with Gasteiger partial charge in [0.1, 0.15) is 6.61 Å². The number of ether oxygens (including phenoxy) is 1. The van der Waals surface area contributed by atoms with Crippen LogP contribution in [0.5, 0.6) is 0 Å². The second kappa shape index (κ2) is 6.38. The van der Waals surface area contributed by atoms with Crippen LogP contribution in [0.4, 0.5) is 0 Å². The van der Waals surface area contributed by atoms with Gasteiger partial charge in [0, 0.05) is 5.33 Å². The molecule has 74 valence electrons. The quantitative estimate of drug-likeness (QED) is 0.469. The highest BCUT2D eigenvalue weighted by Crippen LogP contribution is 2.00. The third kappa shape index (κ3) is 3.75. The molecule has 0 fully saturated rings. The van der Waals surface area contributed by atoms with E-state index in [1.165, 1.54) is 0 Å². The number of alkyl halides is 1. The van der Waals surface area contributed by atoms with Gasteiger partial charge in [0.25, 0.3) is 0 Å². The summed E-state index contributed by atoms with van der Waals surface area (Å²) >= 11 is 3.23. The van der Waals surface area contributed by atoms with Gasteiger partial charge in [-0.05, 0) is 12.1 Å². The number of esters is 1. The minimum atomic E-state index is -0.287. The summed E-state index contributed by atoms with van der Waals surface area (Å²) in [6.45, 7) is 0.319. The van der Waals surface area contributed by atoms with Crippen LogP contribution in [-0.4, -0.2) is 17.9 Å². The average molecular weight is 255 g/mol. The number of benzene rings is 1. The molecule has 0 bridgehead atoms. The number of hydrogen-bond donors (Lipinski definition) is 0. The lowest BCUT2D eigenvalue weighted by molar-refractivity contribution is 0.0549. The van der Waals surface area contributed by atoms with Crippen LogP contribution in [-0.2, 0) is 4.74 Å². The normalized spacial score (nSPS) is 10.4. The second-order valence-electron chi connectivity index (χ2n) is 2.59. The van der Waals surface area contributed by atoms with Crippen LogP contribution >= 0.6 is 15.9 Å². The Morgan fingerprint density at radius 1 is 1.29 bits per heavy atom. The van der Waals surface area contributed by atoms with Crippen molar-refractivity contribution in [3.63, 3.8) is 0 Å². The zero-order valence-corrected chi connectivity index (χ0v) is 9.24. The molecule has 0 aliphatic carbocycles. The van der Waals surface area contributed by atoms with Crippen molar-refractivity contribution in [3.8, 4) is 0 Å². The van der Waals surface area contributed by atoms with Crippen LogP contribution in [0.3, 0.4) is 0 Å². The smallest absolute Gasteiger partial charge is 0.338 e. The summed E-state index contributed by atoms with van der Waals surface area (Å²) in [5.74, 6) is -0.287. The standard InChI is InChI=1S/C11H11BrO2/c12-8-4-5-9-14-11(13)10-6-2-1-3-7-10/h1-7H,8-9H2/b5-4+. The fourth-order valence-corrected chi connectivity index (χ4v) is 1.18. The molecular weight excluding hydrogens is 244 g/mol. The van der Waals surface area contributed by atoms with Crippen molar-refractivity contribution in [1.82, 2.24) is 0 Å². The first-order chi connectivity index (χ1) is 6.84. The van der Waals surface area contributed by atoms with Crippen molar-refractivity contribution in [1.29, 1.82) is 0 Å². The molecule has 0 aliphatic heterocycles. The molecule has 0 amide bonds. The summed E-state index contributed by atoms with van der Waals surface area (Å²) in [6, 6.07) is 8.95. The van der Waals surface area contributed by atoms with E-state index in [1.807, 2.05) is 24.3 Å². The highest BCUT2D eigenvalue weighted by molar-refractivity contribution is 9.09. The first-order valence-corrected chi connectivity index (χ1v) is 5.40. The second-order valence-corrected chi connectivity index (χ2v) is 3.24. The minimum absolute atomic E-state index is 0.287. The molecule has 0 heterocycles. The molecule has 1 aromatic rings. The van der Waals surface area contributed by atoms with Gasteiger partial charge >= 0.3 is 5.97 Å². The lowest BCUT2D eigenvalue weighted by Crippen LogP contribution is -2.04. The van der Waals surface area contributed by atoms with E-state index in [0.717, 1.165) is 5.33 Å². The van der Waals surface area contributed by atoms with Crippen LogP contribution in [0.25, 0.3) is 0 Å². The first kappa shape index (κ1) is 11.0. The summed E-state index contributed by atoms with van der Waals surface area (Å²) < 4.78 is 4.98. The Balaban J connectivity index is 2.40. The SMILES string of the molecule is O=C(OC/C=C/CBr)c1ccccc1. The molecule has 2 nitrogen and oxygen atoms in total. The Hall–Kier alpha value is -1.09. The van der Waals surface area contributed by atoms with Crippen LogP contribution < -0.4 is 0 Å². The van der Waals surface area contributed by atoms with E-state index in [-0.39, 0.29) is 5.97 Å². The maximum atomic E-state index is 11.3. The van der Waals surface area contributed by atoms with E-state index in [1.54, 1.807) is 18.2 Å². The molecule has 0 aliphatic rings. The minimum Gasteiger partial charge on any atom is -0.458 e. The topological polar surface area (TPSA) is 26.3 Å². The zero-order chi connectivity index (χ0) is 10.2. The third-order valence-corrected chi connectivity index (χ3v) is 1.95. The van der Waals surface area contributed by atoms with E-state index in [2.05, 4.69) is 15.9 Å². The van der Waals surface area contributed by atoms with Gasteiger partial charge in [-0.2, -0.15) is 0 Å². The summed E-state index contributed by atoms with van der Waals surface area (Å²) in [5.41, 5.74) is 0.583. The van der Waals surface area contributed by atoms with Crippen molar-refractivity contribution in [2.45, 2.75) is 0 Å². The van der Waals surface area contributed by atoms with E-state index < -0.39 is 0 Å². The maximum Gasteiger partial charge on any atom is 0.338 e. The van der Waals surface area contributed by atoms with Crippen molar-refractivity contribution in [2.24, 2.45) is 0 Å². The number of halogens is 1. The van der Waals surface area contributed by atoms with Gasteiger partial charge in [0.05, 0.1) is 5.56 Å². The molecule has 0 N–H and O–H groups in total. The molecule has 0 saturated carbocycles. The van der Waals surface area contributed by atoms with Crippen LogP contribution in [0.2, 0.25) is 0 Å². The van der Waals surface area contributed by atoms with Crippen molar-refractivity contribution >= 4 is 21.9 Å². The summed E-state index contributed by atoms with van der Waals surface area (Å²) in [5, 5.41) is 0.774. The fourth-order valence-electron chi connectivity index (χ4n) is 0.912. The highest BCUT2D eigenvalue weighted by Gasteiger charge is 2.03. The predicted octanol–water partition coefficient (Wildman–Crippen LogP) is 2.79. The molecule has 0 saturated heterocycles. The van der Waals surface area contributed by atoms with Gasteiger partial charge in [-0.25, -0.2) is 4.79 Å². The number of carbonyl (C=O) groups is 1. The van der Waals surface area contributed by atoms with Crippen molar-refractivity contribution in [2.75, 3.05) is 11.9 Å². The fraction of sp³-hybridized carbons (Fsp3) is 0.182. The predicted molar refractivity (Wildman–Crippen MR) is 59.7 cm³/mol. The Bertz CT molecular complexity index is 306. The Kier molecular flexibility index (Phi) is 5.00. The van der Waals surface area contributed by atoms with E-state index in [0.29, 0.717) is 12.2 Å². The average Bonchev–Trinajstić information content (AvgIpc) is 2.25. The molecule has 0 radical (unpaired) electrons. The van der Waals surface area contributed by atoms with Crippen molar-refractivity contribution < 1.29 is 9.53 Å². The lowest BCUT2D eigenvalue weighted by atomic mass is 10.2. The molecule has 0 atom stereocenters. The van der Waals surface area contributed by atoms with Gasteiger partial charge in [-0.1, -0.05) is 46.3 Å². The summed E-state index contributed by atoms with van der Waals surface area (Å²) in [7, 11) is 0. The Labute approximate surface area is 91.7 Å². The largest absolute Gasteiger partial charge is 0.458 e. The summed E-state index contributed by atoms with van der Waals surface area (Å²) in [6.07, 6.45) is 3.69. The Morgan fingerprint density at radius 2 is 2.00 bits per heavy atom. The van der Waals surface area contributed by atoms with Crippen molar-refractivity contribution in [3.05, 3.63) is 48.0 Å². The van der Waals surface area contributed by atoms with Gasteiger partial charge in [0.2, 0.25) is 0 Å². The molecular formula is C11H11BrO2. The molecule has 1 aromatic carbocycles. The van der Waals surface area contributed by atoms with E-state index in [9.17, 15) is 4.79 Å². The monoisotopic (exact) mass is 254 g/mol. The third-order valence-electron chi connectivity index (χ3n) is 1.58. The van der Waals surface area contributed by atoms with Gasteiger partial charge < -0.3 is 4.74 Å². The number of carbonyl (C=O) groups excluding carboxylic acids is 1. The van der Waals surface area contributed by atoms with Crippen LogP contribution in [0.1, 0.15) is 10.4 Å². The number of allylic oxidation sites excluding steroid dienone is 1. The van der Waals surface area contributed by atoms with Gasteiger partial charge in [-0.15, -0.1) is 0 Å². The number of hydrogen-bond acceptors (Lipinski definition) is 2. The van der Waals surface area contributed by atoms with Crippen LogP contribution in [0, 0.1) is 0 Å². The summed E-state index contributed by atoms with van der Waals surface area (Å²) in [4.78, 5) is 11.3. The van der Waals surface area contributed by atoms with Crippen LogP contribution in [0.15, 0.2) is 42.5 Å². The highest BCUT2D eigenvalue weighted by atomic mass is 79.9. The first-order valence-electron chi connectivity index (χ1n) is 4.27.